The summed E-state index contributed by atoms with van der Waals surface area (Å²) in [4.78, 5) is 14.8. The lowest BCUT2D eigenvalue weighted by atomic mass is 9.54. The van der Waals surface area contributed by atoms with Gasteiger partial charge in [0, 0.05) is 36.4 Å². The first-order valence-electron chi connectivity index (χ1n) is 10.8. The van der Waals surface area contributed by atoms with Crippen molar-refractivity contribution in [1.82, 2.24) is 15.1 Å². The van der Waals surface area contributed by atoms with Crippen molar-refractivity contribution in [3.63, 3.8) is 0 Å². The van der Waals surface area contributed by atoms with E-state index in [2.05, 4.69) is 28.6 Å². The Balaban J connectivity index is 1.31. The zero-order valence-corrected chi connectivity index (χ0v) is 17.8. The number of aromatic amines is 1. The van der Waals surface area contributed by atoms with Gasteiger partial charge < -0.3 is 10.2 Å². The molecule has 7 heteroatoms. The molecule has 1 aromatic heterocycles. The second-order valence-corrected chi connectivity index (χ2v) is 9.09. The summed E-state index contributed by atoms with van der Waals surface area (Å²) >= 11 is 0. The summed E-state index contributed by atoms with van der Waals surface area (Å²) < 4.78 is 13.2. The van der Waals surface area contributed by atoms with E-state index in [1.54, 1.807) is 18.2 Å². The van der Waals surface area contributed by atoms with Gasteiger partial charge in [-0.05, 0) is 60.1 Å². The first-order valence-corrected chi connectivity index (χ1v) is 10.8. The molecule has 2 N–H and O–H groups in total. The number of fused-ring (bicyclic) bond motifs is 1. The predicted molar refractivity (Wildman–Crippen MR) is 120 cm³/mol. The summed E-state index contributed by atoms with van der Waals surface area (Å²) in [5, 5.41) is 19.8. The second kappa shape index (κ2) is 7.79. The maximum atomic E-state index is 13.2. The number of likely N-dealkylation sites (tertiary alicyclic amines) is 1. The fourth-order valence-electron chi connectivity index (χ4n) is 5.17. The molecule has 0 bridgehead atoms. The van der Waals surface area contributed by atoms with Crippen LogP contribution in [-0.2, 0) is 0 Å². The summed E-state index contributed by atoms with van der Waals surface area (Å²) in [7, 11) is 0. The monoisotopic (exact) mass is 429 g/mol. The van der Waals surface area contributed by atoms with Crippen molar-refractivity contribution in [1.29, 1.82) is 5.26 Å². The van der Waals surface area contributed by atoms with E-state index < -0.39 is 0 Å². The van der Waals surface area contributed by atoms with Gasteiger partial charge in [-0.15, -0.1) is 0 Å². The number of carbonyl (C=O) groups is 1. The lowest BCUT2D eigenvalue weighted by molar-refractivity contribution is 0.00471. The Morgan fingerprint density at radius 1 is 1.31 bits per heavy atom. The third-order valence-corrected chi connectivity index (χ3v) is 7.18. The zero-order valence-electron chi connectivity index (χ0n) is 17.8. The molecular weight excluding hydrogens is 405 g/mol. The molecule has 0 amide bonds. The number of nitrogens with one attached hydrogen (secondary N) is 2. The molecule has 1 aliphatic carbocycles. The van der Waals surface area contributed by atoms with Crippen LogP contribution in [0.5, 0.6) is 0 Å². The maximum absolute atomic E-state index is 13.2. The molecule has 5 rings (SSSR count). The minimum Gasteiger partial charge on any atom is -0.355 e. The Kier molecular flexibility index (Phi) is 4.93. The van der Waals surface area contributed by atoms with Crippen LogP contribution in [0, 0.1) is 34.5 Å². The highest BCUT2D eigenvalue weighted by molar-refractivity contribution is 5.96. The molecule has 3 unspecified atom stereocenters. The van der Waals surface area contributed by atoms with Crippen LogP contribution in [0.3, 0.4) is 0 Å². The highest BCUT2D eigenvalue weighted by Gasteiger charge is 2.56. The third kappa shape index (κ3) is 3.52. The van der Waals surface area contributed by atoms with E-state index in [-0.39, 0.29) is 22.9 Å². The van der Waals surface area contributed by atoms with Gasteiger partial charge in [-0.3, -0.25) is 9.89 Å². The molecule has 2 aromatic carbocycles. The number of rotatable bonds is 6. The van der Waals surface area contributed by atoms with Gasteiger partial charge in [0.2, 0.25) is 0 Å². The molecule has 3 aromatic rings. The van der Waals surface area contributed by atoms with Gasteiger partial charge in [0.15, 0.2) is 12.0 Å². The maximum Gasteiger partial charge on any atom is 0.180 e. The first kappa shape index (κ1) is 20.3. The predicted octanol–water partition coefficient (Wildman–Crippen LogP) is 4.97. The van der Waals surface area contributed by atoms with E-state index in [0.29, 0.717) is 23.7 Å². The van der Waals surface area contributed by atoms with Crippen LogP contribution in [0.2, 0.25) is 0 Å². The number of aromatic nitrogens is 2. The van der Waals surface area contributed by atoms with Crippen LogP contribution < -0.4 is 5.32 Å². The number of hydrogen-bond donors (Lipinski definition) is 2. The lowest BCUT2D eigenvalue weighted by Crippen LogP contribution is -2.47. The molecule has 2 fully saturated rings. The first-order chi connectivity index (χ1) is 15.5. The Morgan fingerprint density at radius 2 is 2.09 bits per heavy atom. The molecule has 1 aliphatic heterocycles. The molecule has 0 spiro atoms. The van der Waals surface area contributed by atoms with Crippen LogP contribution in [-0.4, -0.2) is 34.0 Å². The molecule has 6 nitrogen and oxygen atoms in total. The summed E-state index contributed by atoms with van der Waals surface area (Å²) in [6.07, 6.45) is 3.70. The SMILES string of the molecule is CC12CN(C#N)CC1CC2CC(=O)c1cc(-c2ccccc2Nc2ccc(F)cc2)n[nH]1. The molecule has 3 atom stereocenters. The van der Waals surface area contributed by atoms with Gasteiger partial charge in [-0.25, -0.2) is 4.39 Å². The van der Waals surface area contributed by atoms with Crippen LogP contribution >= 0.6 is 0 Å². The Bertz CT molecular complexity index is 1200. The molecular formula is C25H24FN5O. The highest BCUT2D eigenvalue weighted by atomic mass is 19.1. The largest absolute Gasteiger partial charge is 0.355 e. The summed E-state index contributed by atoms with van der Waals surface area (Å²) in [6, 6.07) is 15.6. The lowest BCUT2D eigenvalue weighted by Gasteiger charge is -2.49. The average Bonchev–Trinajstić information content (AvgIpc) is 3.38. The van der Waals surface area contributed by atoms with E-state index >= 15 is 0 Å². The minimum atomic E-state index is -0.288. The normalized spacial score (nSPS) is 23.8. The van der Waals surface area contributed by atoms with E-state index in [1.165, 1.54) is 12.1 Å². The van der Waals surface area contributed by atoms with E-state index in [0.717, 1.165) is 36.4 Å². The number of halogens is 1. The fraction of sp³-hybridized carbons (Fsp3) is 0.320. The van der Waals surface area contributed by atoms with Crippen molar-refractivity contribution in [3.05, 3.63) is 66.1 Å². The summed E-state index contributed by atoms with van der Waals surface area (Å²) in [6.45, 7) is 3.75. The van der Waals surface area contributed by atoms with E-state index in [4.69, 9.17) is 0 Å². The van der Waals surface area contributed by atoms with Gasteiger partial charge in [0.25, 0.3) is 0 Å². The minimum absolute atomic E-state index is 0.0416. The number of nitrogens with zero attached hydrogens (tertiary/aromatic N) is 3. The fourth-order valence-corrected chi connectivity index (χ4v) is 5.17. The van der Waals surface area contributed by atoms with Gasteiger partial charge >= 0.3 is 0 Å². The van der Waals surface area contributed by atoms with Crippen molar-refractivity contribution in [2.75, 3.05) is 18.4 Å². The molecule has 2 aliphatic rings. The standard InChI is InChI=1S/C25H24FN5O/c1-25-14-31(15-27)13-17(25)10-16(25)11-24(32)23-12-22(29-30-23)20-4-2-3-5-21(20)28-19-8-6-18(26)7-9-19/h2-9,12,16-17,28H,10-11,13-14H2,1H3,(H,29,30). The van der Waals surface area contributed by atoms with Gasteiger partial charge in [-0.1, -0.05) is 25.1 Å². The smallest absolute Gasteiger partial charge is 0.180 e. The number of anilines is 2. The molecule has 32 heavy (non-hydrogen) atoms. The molecule has 162 valence electrons. The van der Waals surface area contributed by atoms with Crippen LogP contribution in [0.1, 0.15) is 30.3 Å². The van der Waals surface area contributed by atoms with E-state index in [1.807, 2.05) is 29.2 Å². The van der Waals surface area contributed by atoms with Crippen LogP contribution in [0.4, 0.5) is 15.8 Å². The number of H-pyrrole nitrogens is 1. The number of para-hydroxylation sites is 1. The topological polar surface area (TPSA) is 84.8 Å². The molecule has 1 saturated heterocycles. The van der Waals surface area contributed by atoms with Crippen molar-refractivity contribution >= 4 is 17.2 Å². The Hall–Kier alpha value is -3.66. The van der Waals surface area contributed by atoms with Crippen LogP contribution in [0.25, 0.3) is 11.3 Å². The number of carbonyl (C=O) groups excluding carboxylic acids is 1. The molecule has 0 radical (unpaired) electrons. The number of hydrogen-bond acceptors (Lipinski definition) is 5. The van der Waals surface area contributed by atoms with Crippen LogP contribution in [0.15, 0.2) is 54.6 Å². The number of ketones is 1. The van der Waals surface area contributed by atoms with Gasteiger partial charge in [0.1, 0.15) is 11.5 Å². The van der Waals surface area contributed by atoms with Crippen molar-refractivity contribution in [2.24, 2.45) is 17.3 Å². The van der Waals surface area contributed by atoms with Crippen molar-refractivity contribution in [2.45, 2.75) is 19.8 Å². The van der Waals surface area contributed by atoms with Gasteiger partial charge in [-0.2, -0.15) is 10.4 Å². The van der Waals surface area contributed by atoms with E-state index in [9.17, 15) is 14.4 Å². The van der Waals surface area contributed by atoms with Crippen molar-refractivity contribution in [3.8, 4) is 17.5 Å². The second-order valence-electron chi connectivity index (χ2n) is 9.09. The summed E-state index contributed by atoms with van der Waals surface area (Å²) in [5.74, 6) is 0.552. The quantitative estimate of drug-likeness (QED) is 0.427. The molecule has 1 saturated carbocycles. The zero-order chi connectivity index (χ0) is 22.3. The number of nitriles is 1. The number of Topliss-reactive ketones (excluding diaryl/α,β-unsaturated/α-hetero) is 1. The van der Waals surface area contributed by atoms with Crippen molar-refractivity contribution < 1.29 is 9.18 Å². The Morgan fingerprint density at radius 3 is 2.88 bits per heavy atom. The third-order valence-electron chi connectivity index (χ3n) is 7.18. The van der Waals surface area contributed by atoms with Gasteiger partial charge in [0.05, 0.1) is 5.69 Å². The molecule has 2 heterocycles. The Labute approximate surface area is 186 Å². The average molecular weight is 429 g/mol. The number of benzene rings is 2. The summed E-state index contributed by atoms with van der Waals surface area (Å²) in [5.41, 5.74) is 3.65. The highest BCUT2D eigenvalue weighted by Crippen LogP contribution is 2.57.